The van der Waals surface area contributed by atoms with Gasteiger partial charge in [0.2, 0.25) is 0 Å². The summed E-state index contributed by atoms with van der Waals surface area (Å²) in [6.07, 6.45) is 5.64. The molecule has 2 heteroatoms. The van der Waals surface area contributed by atoms with Crippen molar-refractivity contribution in [3.05, 3.63) is 0 Å². The molecule has 0 saturated heterocycles. The van der Waals surface area contributed by atoms with E-state index in [9.17, 15) is 5.11 Å². The molecule has 84 valence electrons. The number of aliphatic hydroxyl groups is 1. The van der Waals surface area contributed by atoms with Crippen LogP contribution < -0.4 is 5.32 Å². The highest BCUT2D eigenvalue weighted by Gasteiger charge is 2.24. The molecule has 0 aromatic heterocycles. The summed E-state index contributed by atoms with van der Waals surface area (Å²) in [6.45, 7) is 7.79. The van der Waals surface area contributed by atoms with E-state index in [-0.39, 0.29) is 6.10 Å². The van der Waals surface area contributed by atoms with Gasteiger partial charge in [0.25, 0.3) is 0 Å². The molecule has 0 radical (unpaired) electrons. The molecule has 2 atom stereocenters. The highest BCUT2D eigenvalue weighted by atomic mass is 16.3. The van der Waals surface area contributed by atoms with Gasteiger partial charge in [0.1, 0.15) is 0 Å². The van der Waals surface area contributed by atoms with Crippen LogP contribution in [0.2, 0.25) is 0 Å². The summed E-state index contributed by atoms with van der Waals surface area (Å²) < 4.78 is 0. The molecular weight excluding hydrogens is 174 g/mol. The van der Waals surface area contributed by atoms with E-state index in [1.165, 1.54) is 19.3 Å². The Kier molecular flexibility index (Phi) is 4.39. The van der Waals surface area contributed by atoms with Crippen LogP contribution in [0.15, 0.2) is 0 Å². The van der Waals surface area contributed by atoms with Crippen molar-refractivity contribution in [3.8, 4) is 0 Å². The van der Waals surface area contributed by atoms with Crippen LogP contribution >= 0.6 is 0 Å². The maximum absolute atomic E-state index is 9.78. The standard InChI is InChI=1S/C12H25NO/c1-4-12(2,3)9-13-10-7-5-6-8-11(10)14/h10-11,13-14H,4-9H2,1-3H3/t10-,11-/m0/s1. The third kappa shape index (κ3) is 3.58. The van der Waals surface area contributed by atoms with Gasteiger partial charge >= 0.3 is 0 Å². The van der Waals surface area contributed by atoms with E-state index >= 15 is 0 Å². The molecule has 0 aromatic carbocycles. The van der Waals surface area contributed by atoms with E-state index in [4.69, 9.17) is 0 Å². The predicted octanol–water partition coefficient (Wildman–Crippen LogP) is 2.32. The van der Waals surface area contributed by atoms with E-state index in [0.29, 0.717) is 11.5 Å². The Morgan fingerprint density at radius 2 is 1.93 bits per heavy atom. The molecule has 0 amide bonds. The summed E-state index contributed by atoms with van der Waals surface area (Å²) >= 11 is 0. The molecule has 0 bridgehead atoms. The molecule has 2 nitrogen and oxygen atoms in total. The summed E-state index contributed by atoms with van der Waals surface area (Å²) in [5.41, 5.74) is 0.358. The Balaban J connectivity index is 2.29. The van der Waals surface area contributed by atoms with Crippen LogP contribution in [-0.2, 0) is 0 Å². The Hall–Kier alpha value is -0.0800. The van der Waals surface area contributed by atoms with Crippen molar-refractivity contribution in [2.45, 2.75) is 65.0 Å². The van der Waals surface area contributed by atoms with E-state index in [2.05, 4.69) is 26.1 Å². The van der Waals surface area contributed by atoms with Crippen molar-refractivity contribution in [1.29, 1.82) is 0 Å². The minimum atomic E-state index is -0.114. The first-order valence-corrected chi connectivity index (χ1v) is 5.96. The average Bonchev–Trinajstić information content (AvgIpc) is 2.17. The first kappa shape index (κ1) is 12.0. The van der Waals surface area contributed by atoms with E-state index in [1.807, 2.05) is 0 Å². The topological polar surface area (TPSA) is 32.3 Å². The van der Waals surface area contributed by atoms with Crippen LogP contribution in [0, 0.1) is 5.41 Å². The third-order valence-electron chi connectivity index (χ3n) is 3.53. The van der Waals surface area contributed by atoms with Crippen molar-refractivity contribution < 1.29 is 5.11 Å². The SMILES string of the molecule is CCC(C)(C)CN[C@H]1CCCC[C@@H]1O. The van der Waals surface area contributed by atoms with Gasteiger partial charge < -0.3 is 10.4 Å². The second-order valence-electron chi connectivity index (χ2n) is 5.36. The van der Waals surface area contributed by atoms with Crippen LogP contribution in [0.1, 0.15) is 52.9 Å². The molecule has 0 aliphatic heterocycles. The summed E-state index contributed by atoms with van der Waals surface area (Å²) in [7, 11) is 0. The monoisotopic (exact) mass is 199 g/mol. The molecule has 0 spiro atoms. The number of aliphatic hydroxyl groups excluding tert-OH is 1. The van der Waals surface area contributed by atoms with Gasteiger partial charge in [-0.25, -0.2) is 0 Å². The Morgan fingerprint density at radius 3 is 2.50 bits per heavy atom. The van der Waals surface area contributed by atoms with Crippen LogP contribution in [0.5, 0.6) is 0 Å². The molecule has 14 heavy (non-hydrogen) atoms. The van der Waals surface area contributed by atoms with Crippen molar-refractivity contribution in [2.24, 2.45) is 5.41 Å². The largest absolute Gasteiger partial charge is 0.392 e. The zero-order chi connectivity index (χ0) is 10.6. The van der Waals surface area contributed by atoms with Crippen LogP contribution in [0.4, 0.5) is 0 Å². The fraction of sp³-hybridized carbons (Fsp3) is 1.00. The molecular formula is C12H25NO. The number of hydrogen-bond acceptors (Lipinski definition) is 2. The smallest absolute Gasteiger partial charge is 0.0693 e. The van der Waals surface area contributed by atoms with Crippen LogP contribution in [0.3, 0.4) is 0 Å². The molecule has 1 saturated carbocycles. The number of nitrogens with one attached hydrogen (secondary N) is 1. The molecule has 0 aromatic rings. The summed E-state index contributed by atoms with van der Waals surface area (Å²) in [5.74, 6) is 0. The fourth-order valence-electron chi connectivity index (χ4n) is 1.88. The minimum absolute atomic E-state index is 0.114. The van der Waals surface area contributed by atoms with Gasteiger partial charge in [-0.3, -0.25) is 0 Å². The van der Waals surface area contributed by atoms with E-state index < -0.39 is 0 Å². The highest BCUT2D eigenvalue weighted by Crippen LogP contribution is 2.22. The van der Waals surface area contributed by atoms with Gasteiger partial charge in [-0.1, -0.05) is 33.6 Å². The predicted molar refractivity (Wildman–Crippen MR) is 60.3 cm³/mol. The third-order valence-corrected chi connectivity index (χ3v) is 3.53. The number of hydrogen-bond donors (Lipinski definition) is 2. The Morgan fingerprint density at radius 1 is 1.29 bits per heavy atom. The van der Waals surface area contributed by atoms with Crippen molar-refractivity contribution in [2.75, 3.05) is 6.54 Å². The maximum Gasteiger partial charge on any atom is 0.0693 e. The van der Waals surface area contributed by atoms with Gasteiger partial charge in [0, 0.05) is 12.6 Å². The minimum Gasteiger partial charge on any atom is -0.392 e. The number of rotatable bonds is 4. The van der Waals surface area contributed by atoms with Gasteiger partial charge in [0.15, 0.2) is 0 Å². The van der Waals surface area contributed by atoms with Gasteiger partial charge in [-0.05, 0) is 24.7 Å². The lowest BCUT2D eigenvalue weighted by Crippen LogP contribution is -2.45. The first-order chi connectivity index (χ1) is 6.55. The molecule has 2 N–H and O–H groups in total. The molecule has 0 unspecified atom stereocenters. The summed E-state index contributed by atoms with van der Waals surface area (Å²) in [5, 5.41) is 13.3. The average molecular weight is 199 g/mol. The van der Waals surface area contributed by atoms with Gasteiger partial charge in [0.05, 0.1) is 6.10 Å². The van der Waals surface area contributed by atoms with E-state index in [0.717, 1.165) is 19.4 Å². The van der Waals surface area contributed by atoms with Crippen LogP contribution in [0.25, 0.3) is 0 Å². The molecule has 1 fully saturated rings. The zero-order valence-electron chi connectivity index (χ0n) is 9.84. The normalized spacial score (nSPS) is 29.1. The van der Waals surface area contributed by atoms with Gasteiger partial charge in [-0.2, -0.15) is 0 Å². The first-order valence-electron chi connectivity index (χ1n) is 5.96. The lowest BCUT2D eigenvalue weighted by molar-refractivity contribution is 0.0850. The van der Waals surface area contributed by atoms with E-state index in [1.54, 1.807) is 0 Å². The fourth-order valence-corrected chi connectivity index (χ4v) is 1.88. The van der Waals surface area contributed by atoms with Crippen molar-refractivity contribution >= 4 is 0 Å². The summed E-state index contributed by atoms with van der Waals surface area (Å²) in [4.78, 5) is 0. The van der Waals surface area contributed by atoms with Crippen molar-refractivity contribution in [1.82, 2.24) is 5.32 Å². The second kappa shape index (κ2) is 5.13. The second-order valence-corrected chi connectivity index (χ2v) is 5.36. The molecule has 1 aliphatic rings. The van der Waals surface area contributed by atoms with Crippen molar-refractivity contribution in [3.63, 3.8) is 0 Å². The Bertz CT molecular complexity index is 168. The Labute approximate surface area is 88.1 Å². The summed E-state index contributed by atoms with van der Waals surface area (Å²) in [6, 6.07) is 0.342. The van der Waals surface area contributed by atoms with Gasteiger partial charge in [-0.15, -0.1) is 0 Å². The lowest BCUT2D eigenvalue weighted by Gasteiger charge is -2.32. The quantitative estimate of drug-likeness (QED) is 0.728. The maximum atomic E-state index is 9.78. The lowest BCUT2D eigenvalue weighted by atomic mass is 9.88. The molecule has 1 rings (SSSR count). The molecule has 0 heterocycles. The highest BCUT2D eigenvalue weighted by molar-refractivity contribution is 4.82. The van der Waals surface area contributed by atoms with Crippen LogP contribution in [-0.4, -0.2) is 23.8 Å². The zero-order valence-corrected chi connectivity index (χ0v) is 9.84. The molecule has 1 aliphatic carbocycles.